The summed E-state index contributed by atoms with van der Waals surface area (Å²) >= 11 is 2.09. The lowest BCUT2D eigenvalue weighted by Gasteiger charge is -2.15. The molecule has 25 heavy (non-hydrogen) atoms. The maximum absolute atomic E-state index is 12.9. The summed E-state index contributed by atoms with van der Waals surface area (Å²) in [6, 6.07) is 9.60. The van der Waals surface area contributed by atoms with Gasteiger partial charge in [0, 0.05) is 16.2 Å². The molecule has 0 aliphatic heterocycles. The van der Waals surface area contributed by atoms with E-state index in [0.717, 1.165) is 15.7 Å². The zero-order valence-electron chi connectivity index (χ0n) is 13.2. The Morgan fingerprint density at radius 3 is 2.40 bits per heavy atom. The molecule has 4 nitrogen and oxygen atoms in total. The van der Waals surface area contributed by atoms with Crippen LogP contribution in [0.25, 0.3) is 0 Å². The Labute approximate surface area is 156 Å². The first-order chi connectivity index (χ1) is 11.8. The Bertz CT molecular complexity index is 733. The molecule has 0 radical (unpaired) electrons. The molecule has 2 rings (SSSR count). The van der Waals surface area contributed by atoms with Crippen molar-refractivity contribution in [3.8, 4) is 5.75 Å². The first-order valence-corrected chi connectivity index (χ1v) is 8.29. The average molecular weight is 465 g/mol. The number of carbonyl (C=O) groups excluding carboxylic acids is 1. The van der Waals surface area contributed by atoms with Gasteiger partial charge in [0.15, 0.2) is 0 Å². The van der Waals surface area contributed by atoms with Gasteiger partial charge in [-0.15, -0.1) is 0 Å². The quantitative estimate of drug-likeness (QED) is 0.502. The lowest BCUT2D eigenvalue weighted by Crippen LogP contribution is -2.15. The number of methoxy groups -OCH3 is 1. The third-order valence-corrected chi connectivity index (χ3v) is 3.93. The van der Waals surface area contributed by atoms with Crippen molar-refractivity contribution in [3.05, 3.63) is 57.2 Å². The van der Waals surface area contributed by atoms with Crippen molar-refractivity contribution in [2.45, 2.75) is 6.18 Å². The highest BCUT2D eigenvalue weighted by atomic mass is 127. The van der Waals surface area contributed by atoms with Crippen molar-refractivity contribution in [3.63, 3.8) is 0 Å². The topological polar surface area (TPSA) is 47.6 Å². The molecule has 0 spiro atoms. The van der Waals surface area contributed by atoms with Crippen LogP contribution in [0.4, 0.5) is 18.9 Å². The number of benzene rings is 2. The van der Waals surface area contributed by atoms with Gasteiger partial charge in [0.1, 0.15) is 12.4 Å². The van der Waals surface area contributed by atoms with Crippen LogP contribution in [0.1, 0.15) is 15.9 Å². The van der Waals surface area contributed by atoms with Gasteiger partial charge in [-0.1, -0.05) is 0 Å². The molecule has 0 atom stereocenters. The third kappa shape index (κ3) is 5.60. The van der Waals surface area contributed by atoms with Gasteiger partial charge < -0.3 is 14.8 Å². The van der Waals surface area contributed by atoms with Crippen LogP contribution in [-0.2, 0) is 10.9 Å². The summed E-state index contributed by atoms with van der Waals surface area (Å²) < 4.78 is 50.0. The van der Waals surface area contributed by atoms with Crippen LogP contribution in [0.15, 0.2) is 42.5 Å². The van der Waals surface area contributed by atoms with Crippen molar-refractivity contribution in [1.29, 1.82) is 0 Å². The van der Waals surface area contributed by atoms with Crippen LogP contribution in [0, 0.1) is 3.57 Å². The molecule has 0 bridgehead atoms. The van der Waals surface area contributed by atoms with Gasteiger partial charge in [-0.3, -0.25) is 4.79 Å². The van der Waals surface area contributed by atoms with E-state index in [2.05, 4.69) is 27.9 Å². The fourth-order valence-electron chi connectivity index (χ4n) is 1.96. The van der Waals surface area contributed by atoms with Gasteiger partial charge in [-0.2, -0.15) is 13.2 Å². The number of hydrogen-bond acceptors (Lipinski definition) is 3. The molecule has 0 unspecified atom stereocenters. The molecule has 0 aliphatic rings. The Balaban J connectivity index is 2.27. The van der Waals surface area contributed by atoms with Crippen LogP contribution in [0.2, 0.25) is 0 Å². The highest BCUT2D eigenvalue weighted by Gasteiger charge is 2.31. The zero-order valence-corrected chi connectivity index (χ0v) is 15.3. The zero-order chi connectivity index (χ0) is 18.4. The molecule has 2 aromatic rings. The highest BCUT2D eigenvalue weighted by molar-refractivity contribution is 14.1. The van der Waals surface area contributed by atoms with Gasteiger partial charge in [0.25, 0.3) is 5.91 Å². The normalized spacial score (nSPS) is 11.2. The maximum atomic E-state index is 12.9. The number of alkyl halides is 3. The summed E-state index contributed by atoms with van der Waals surface area (Å²) in [7, 11) is 1.48. The lowest BCUT2D eigenvalue weighted by atomic mass is 10.1. The molecule has 134 valence electrons. The van der Waals surface area contributed by atoms with Gasteiger partial charge >= 0.3 is 6.18 Å². The van der Waals surface area contributed by atoms with E-state index in [1.807, 2.05) is 0 Å². The van der Waals surface area contributed by atoms with E-state index in [1.165, 1.54) is 13.2 Å². The Morgan fingerprint density at radius 2 is 1.80 bits per heavy atom. The first kappa shape index (κ1) is 19.5. The van der Waals surface area contributed by atoms with Crippen LogP contribution in [0.3, 0.4) is 0 Å². The van der Waals surface area contributed by atoms with E-state index >= 15 is 0 Å². The van der Waals surface area contributed by atoms with Crippen molar-refractivity contribution in [2.24, 2.45) is 0 Å². The summed E-state index contributed by atoms with van der Waals surface area (Å²) in [5.41, 5.74) is -0.584. The predicted molar refractivity (Wildman–Crippen MR) is 95.9 cm³/mol. The summed E-state index contributed by atoms with van der Waals surface area (Å²) in [6.07, 6.45) is -4.52. The Morgan fingerprint density at radius 1 is 1.12 bits per heavy atom. The maximum Gasteiger partial charge on any atom is 0.416 e. The second kappa shape index (κ2) is 8.52. The molecule has 0 saturated carbocycles. The number of amides is 1. The number of nitrogens with one attached hydrogen (secondary N) is 1. The van der Waals surface area contributed by atoms with Gasteiger partial charge in [0.05, 0.1) is 17.9 Å². The van der Waals surface area contributed by atoms with Crippen LogP contribution >= 0.6 is 22.6 Å². The van der Waals surface area contributed by atoms with Crippen molar-refractivity contribution >= 4 is 34.2 Å². The molecule has 2 aromatic carbocycles. The van der Waals surface area contributed by atoms with Gasteiger partial charge in [0.2, 0.25) is 0 Å². The number of halogens is 4. The fourth-order valence-corrected chi connectivity index (χ4v) is 2.32. The third-order valence-electron chi connectivity index (χ3n) is 3.21. The van der Waals surface area contributed by atoms with Crippen molar-refractivity contribution in [2.75, 3.05) is 25.6 Å². The minimum Gasteiger partial charge on any atom is -0.489 e. The summed E-state index contributed by atoms with van der Waals surface area (Å²) in [5, 5.41) is 2.48. The Hall–Kier alpha value is -1.81. The van der Waals surface area contributed by atoms with E-state index in [1.54, 1.807) is 24.3 Å². The number of rotatable bonds is 6. The standard InChI is InChI=1S/C17H15F3INO3/c1-24-8-9-25-15-7-4-12(17(18,19)20)10-14(15)22-16(23)11-2-5-13(21)6-3-11/h2-7,10H,8-9H2,1H3,(H,22,23). The average Bonchev–Trinajstić information content (AvgIpc) is 2.56. The molecule has 0 saturated heterocycles. The van der Waals surface area contributed by atoms with E-state index in [9.17, 15) is 18.0 Å². The smallest absolute Gasteiger partial charge is 0.416 e. The monoisotopic (exact) mass is 465 g/mol. The van der Waals surface area contributed by atoms with E-state index in [0.29, 0.717) is 5.56 Å². The molecule has 1 amide bonds. The van der Waals surface area contributed by atoms with E-state index < -0.39 is 17.6 Å². The highest BCUT2D eigenvalue weighted by Crippen LogP contribution is 2.35. The summed E-state index contributed by atoms with van der Waals surface area (Å²) in [6.45, 7) is 0.416. The number of ether oxygens (including phenoxy) is 2. The first-order valence-electron chi connectivity index (χ1n) is 7.21. The molecular formula is C17H15F3INO3. The molecule has 0 aromatic heterocycles. The van der Waals surface area contributed by atoms with Crippen molar-refractivity contribution < 1.29 is 27.4 Å². The predicted octanol–water partition coefficient (Wildman–Crippen LogP) is 4.59. The molecule has 1 N–H and O–H groups in total. The fraction of sp³-hybridized carbons (Fsp3) is 0.235. The lowest BCUT2D eigenvalue weighted by molar-refractivity contribution is -0.137. The van der Waals surface area contributed by atoms with Crippen molar-refractivity contribution in [1.82, 2.24) is 0 Å². The number of hydrogen-bond donors (Lipinski definition) is 1. The van der Waals surface area contributed by atoms with Gasteiger partial charge in [-0.25, -0.2) is 0 Å². The van der Waals surface area contributed by atoms with Crippen LogP contribution in [-0.4, -0.2) is 26.2 Å². The van der Waals surface area contributed by atoms with E-state index in [4.69, 9.17) is 9.47 Å². The summed E-state index contributed by atoms with van der Waals surface area (Å²) in [4.78, 5) is 12.3. The molecule has 0 fully saturated rings. The minimum absolute atomic E-state index is 0.0468. The number of anilines is 1. The Kier molecular flexibility index (Phi) is 6.65. The SMILES string of the molecule is COCCOc1ccc(C(F)(F)F)cc1NC(=O)c1ccc(I)cc1. The molecule has 0 aliphatic carbocycles. The molecular weight excluding hydrogens is 450 g/mol. The van der Waals surface area contributed by atoms with Crippen LogP contribution < -0.4 is 10.1 Å². The number of carbonyl (C=O) groups is 1. The second-order valence-electron chi connectivity index (χ2n) is 5.01. The molecule has 8 heteroatoms. The van der Waals surface area contributed by atoms with Crippen LogP contribution in [0.5, 0.6) is 5.75 Å². The minimum atomic E-state index is -4.52. The van der Waals surface area contributed by atoms with E-state index in [-0.39, 0.29) is 24.7 Å². The summed E-state index contributed by atoms with van der Waals surface area (Å²) in [5.74, 6) is -0.378. The second-order valence-corrected chi connectivity index (χ2v) is 6.26. The largest absolute Gasteiger partial charge is 0.489 e. The molecule has 0 heterocycles. The van der Waals surface area contributed by atoms with Gasteiger partial charge in [-0.05, 0) is 65.1 Å².